The average molecular weight is 157 g/mol. The van der Waals surface area contributed by atoms with E-state index in [1.807, 2.05) is 13.8 Å². The number of rotatable bonds is 3. The van der Waals surface area contributed by atoms with Gasteiger partial charge >= 0.3 is 0 Å². The van der Waals surface area contributed by atoms with Gasteiger partial charge in [0.2, 0.25) is 5.91 Å². The van der Waals surface area contributed by atoms with Gasteiger partial charge < -0.3 is 10.4 Å². The number of carbonyl (C=O) groups is 1. The van der Waals surface area contributed by atoms with Crippen LogP contribution in [0.5, 0.6) is 0 Å². The largest absolute Gasteiger partial charge is 0.512 e. The summed E-state index contributed by atoms with van der Waals surface area (Å²) in [6.45, 7) is 5.37. The van der Waals surface area contributed by atoms with E-state index < -0.39 is 0 Å². The SMILES string of the molecule is CCC(C)NC(=O)C=C(C)O. The van der Waals surface area contributed by atoms with Crippen LogP contribution in [0.15, 0.2) is 11.8 Å². The van der Waals surface area contributed by atoms with Crippen LogP contribution in [0.1, 0.15) is 27.2 Å². The molecular formula is C8H15NO2. The third-order valence-corrected chi connectivity index (χ3v) is 1.34. The number of nitrogens with one attached hydrogen (secondary N) is 1. The first-order valence-electron chi connectivity index (χ1n) is 3.74. The molecule has 0 aliphatic heterocycles. The minimum atomic E-state index is -0.237. The summed E-state index contributed by atoms with van der Waals surface area (Å²) in [4.78, 5) is 10.9. The summed E-state index contributed by atoms with van der Waals surface area (Å²) in [6.07, 6.45) is 2.07. The van der Waals surface area contributed by atoms with E-state index in [1.54, 1.807) is 0 Å². The Hall–Kier alpha value is -0.990. The Labute approximate surface area is 67.1 Å². The summed E-state index contributed by atoms with van der Waals surface area (Å²) in [5, 5.41) is 11.4. The van der Waals surface area contributed by atoms with Gasteiger partial charge in [-0.25, -0.2) is 0 Å². The summed E-state index contributed by atoms with van der Waals surface area (Å²) in [7, 11) is 0. The fourth-order valence-corrected chi connectivity index (χ4v) is 0.576. The van der Waals surface area contributed by atoms with Gasteiger partial charge in [0.25, 0.3) is 0 Å². The van der Waals surface area contributed by atoms with Crippen molar-refractivity contribution in [2.24, 2.45) is 0 Å². The second kappa shape index (κ2) is 4.77. The maximum absolute atomic E-state index is 10.9. The summed E-state index contributed by atoms with van der Waals surface area (Å²) in [5.41, 5.74) is 0. The van der Waals surface area contributed by atoms with Crippen LogP contribution >= 0.6 is 0 Å². The van der Waals surface area contributed by atoms with Crippen molar-refractivity contribution in [3.05, 3.63) is 11.8 Å². The zero-order chi connectivity index (χ0) is 8.85. The van der Waals surface area contributed by atoms with Gasteiger partial charge in [-0.3, -0.25) is 4.79 Å². The van der Waals surface area contributed by atoms with Crippen LogP contribution in [-0.2, 0) is 4.79 Å². The molecule has 0 heterocycles. The van der Waals surface area contributed by atoms with Crippen LogP contribution in [0, 0.1) is 0 Å². The van der Waals surface area contributed by atoms with Crippen molar-refractivity contribution < 1.29 is 9.90 Å². The molecule has 1 amide bonds. The Morgan fingerprint density at radius 1 is 1.73 bits per heavy atom. The molecule has 2 N–H and O–H groups in total. The fraction of sp³-hybridized carbons (Fsp3) is 0.625. The lowest BCUT2D eigenvalue weighted by Crippen LogP contribution is -2.30. The molecule has 64 valence electrons. The molecule has 0 aliphatic rings. The summed E-state index contributed by atoms with van der Waals surface area (Å²) in [6, 6.07) is 0.165. The van der Waals surface area contributed by atoms with Crippen LogP contribution in [0.2, 0.25) is 0 Å². The lowest BCUT2D eigenvalue weighted by atomic mass is 10.2. The highest BCUT2D eigenvalue weighted by Gasteiger charge is 2.01. The van der Waals surface area contributed by atoms with E-state index in [-0.39, 0.29) is 17.7 Å². The maximum Gasteiger partial charge on any atom is 0.247 e. The highest BCUT2D eigenvalue weighted by atomic mass is 16.3. The van der Waals surface area contributed by atoms with Crippen molar-refractivity contribution in [3.63, 3.8) is 0 Å². The molecule has 0 saturated carbocycles. The number of aliphatic hydroxyl groups excluding tert-OH is 1. The summed E-state index contributed by atoms with van der Waals surface area (Å²) >= 11 is 0. The molecule has 0 aromatic carbocycles. The normalized spacial score (nSPS) is 14.3. The van der Waals surface area contributed by atoms with E-state index in [1.165, 1.54) is 13.0 Å². The van der Waals surface area contributed by atoms with Crippen LogP contribution < -0.4 is 5.32 Å². The molecule has 0 fully saturated rings. The average Bonchev–Trinajstić information content (AvgIpc) is 1.85. The van der Waals surface area contributed by atoms with Gasteiger partial charge in [0.05, 0.1) is 5.76 Å². The second-order valence-corrected chi connectivity index (χ2v) is 2.60. The van der Waals surface area contributed by atoms with Crippen LogP contribution in [-0.4, -0.2) is 17.1 Å². The molecule has 0 aliphatic carbocycles. The van der Waals surface area contributed by atoms with Gasteiger partial charge in [-0.05, 0) is 20.3 Å². The molecule has 3 nitrogen and oxygen atoms in total. The number of carbonyl (C=O) groups excluding carboxylic acids is 1. The zero-order valence-electron chi connectivity index (χ0n) is 7.22. The number of amides is 1. The molecule has 0 bridgehead atoms. The van der Waals surface area contributed by atoms with Crippen LogP contribution in [0.4, 0.5) is 0 Å². The fourth-order valence-electron chi connectivity index (χ4n) is 0.576. The molecule has 0 rings (SSSR count). The molecule has 0 spiro atoms. The first-order valence-corrected chi connectivity index (χ1v) is 3.74. The van der Waals surface area contributed by atoms with Crippen molar-refractivity contribution in [2.45, 2.75) is 33.2 Å². The highest BCUT2D eigenvalue weighted by molar-refractivity contribution is 5.87. The van der Waals surface area contributed by atoms with Crippen molar-refractivity contribution >= 4 is 5.91 Å². The van der Waals surface area contributed by atoms with Gasteiger partial charge in [-0.1, -0.05) is 6.92 Å². The van der Waals surface area contributed by atoms with Gasteiger partial charge in [0.15, 0.2) is 0 Å². The summed E-state index contributed by atoms with van der Waals surface area (Å²) < 4.78 is 0. The molecular weight excluding hydrogens is 142 g/mol. The minimum absolute atomic E-state index is 0.0332. The lowest BCUT2D eigenvalue weighted by Gasteiger charge is -2.08. The number of aliphatic hydroxyl groups is 1. The lowest BCUT2D eigenvalue weighted by molar-refractivity contribution is -0.117. The first-order chi connectivity index (χ1) is 5.06. The first kappa shape index (κ1) is 10.0. The van der Waals surface area contributed by atoms with Crippen LogP contribution in [0.3, 0.4) is 0 Å². The molecule has 0 saturated heterocycles. The van der Waals surface area contributed by atoms with Crippen molar-refractivity contribution in [1.82, 2.24) is 5.32 Å². The van der Waals surface area contributed by atoms with E-state index in [0.29, 0.717) is 0 Å². The number of hydrogen-bond acceptors (Lipinski definition) is 2. The Bertz CT molecular complexity index is 159. The predicted molar refractivity (Wildman–Crippen MR) is 44.3 cm³/mol. The quantitative estimate of drug-likeness (QED) is 0.480. The van der Waals surface area contributed by atoms with E-state index in [0.717, 1.165) is 6.42 Å². The molecule has 1 atom stereocenters. The molecule has 3 heteroatoms. The molecule has 1 unspecified atom stereocenters. The standard InChI is InChI=1S/C8H15NO2/c1-4-6(2)9-8(11)5-7(3)10/h5-6,10H,4H2,1-3H3,(H,9,11). The molecule has 11 heavy (non-hydrogen) atoms. The van der Waals surface area contributed by atoms with Crippen molar-refractivity contribution in [2.75, 3.05) is 0 Å². The number of allylic oxidation sites excluding steroid dienone is 1. The van der Waals surface area contributed by atoms with E-state index in [4.69, 9.17) is 5.11 Å². The third-order valence-electron chi connectivity index (χ3n) is 1.34. The Balaban J connectivity index is 3.79. The monoisotopic (exact) mass is 157 g/mol. The predicted octanol–water partition coefficient (Wildman–Crippen LogP) is 1.36. The van der Waals surface area contributed by atoms with Gasteiger partial charge in [0.1, 0.15) is 0 Å². The molecule has 0 radical (unpaired) electrons. The van der Waals surface area contributed by atoms with Gasteiger partial charge in [-0.15, -0.1) is 0 Å². The van der Waals surface area contributed by atoms with Crippen molar-refractivity contribution in [3.8, 4) is 0 Å². The maximum atomic E-state index is 10.9. The Morgan fingerprint density at radius 2 is 2.27 bits per heavy atom. The van der Waals surface area contributed by atoms with Gasteiger partial charge in [0, 0.05) is 12.1 Å². The topological polar surface area (TPSA) is 49.3 Å². The third kappa shape index (κ3) is 5.45. The van der Waals surface area contributed by atoms with E-state index in [9.17, 15) is 4.79 Å². The van der Waals surface area contributed by atoms with Crippen molar-refractivity contribution in [1.29, 1.82) is 0 Å². The zero-order valence-corrected chi connectivity index (χ0v) is 7.22. The minimum Gasteiger partial charge on any atom is -0.512 e. The van der Waals surface area contributed by atoms with E-state index in [2.05, 4.69) is 5.32 Å². The Kier molecular flexibility index (Phi) is 4.34. The van der Waals surface area contributed by atoms with E-state index >= 15 is 0 Å². The highest BCUT2D eigenvalue weighted by Crippen LogP contribution is 1.89. The molecule has 0 aromatic heterocycles. The number of hydrogen-bond donors (Lipinski definition) is 2. The molecule has 0 aromatic rings. The summed E-state index contributed by atoms with van der Waals surface area (Å²) in [5.74, 6) is -0.204. The van der Waals surface area contributed by atoms with Crippen LogP contribution in [0.25, 0.3) is 0 Å². The second-order valence-electron chi connectivity index (χ2n) is 2.60. The van der Waals surface area contributed by atoms with Gasteiger partial charge in [-0.2, -0.15) is 0 Å². The Morgan fingerprint density at radius 3 is 2.64 bits per heavy atom. The smallest absolute Gasteiger partial charge is 0.247 e.